The van der Waals surface area contributed by atoms with Crippen molar-refractivity contribution in [3.05, 3.63) is 52.8 Å². The van der Waals surface area contributed by atoms with Crippen molar-refractivity contribution in [1.29, 1.82) is 0 Å². The van der Waals surface area contributed by atoms with Gasteiger partial charge in [0.15, 0.2) is 0 Å². The molecule has 1 aromatic heterocycles. The van der Waals surface area contributed by atoms with Crippen molar-refractivity contribution in [2.75, 3.05) is 14.2 Å². The van der Waals surface area contributed by atoms with Gasteiger partial charge in [-0.2, -0.15) is 0 Å². The molecule has 0 spiro atoms. The summed E-state index contributed by atoms with van der Waals surface area (Å²) in [6.45, 7) is 0.296. The monoisotopic (exact) mass is 306 g/mol. The number of hydrogen-bond acceptors (Lipinski definition) is 4. The van der Waals surface area contributed by atoms with Crippen LogP contribution in [0.5, 0.6) is 11.5 Å². The summed E-state index contributed by atoms with van der Waals surface area (Å²) in [7, 11) is 3.16. The van der Waals surface area contributed by atoms with Crippen molar-refractivity contribution in [3.63, 3.8) is 0 Å². The summed E-state index contributed by atoms with van der Waals surface area (Å²) < 4.78 is 10.4. The number of halogens is 1. The van der Waals surface area contributed by atoms with E-state index in [1.54, 1.807) is 32.4 Å². The summed E-state index contributed by atoms with van der Waals surface area (Å²) in [5.41, 5.74) is 1.14. The van der Waals surface area contributed by atoms with Crippen LogP contribution in [0, 0.1) is 0 Å². The summed E-state index contributed by atoms with van der Waals surface area (Å²) in [6, 6.07) is 6.96. The summed E-state index contributed by atoms with van der Waals surface area (Å²) in [6.07, 6.45) is 2.96. The first-order valence-corrected chi connectivity index (χ1v) is 6.62. The molecule has 1 heterocycles. The lowest BCUT2D eigenvalue weighted by atomic mass is 10.1. The zero-order valence-corrected chi connectivity index (χ0v) is 12.5. The number of hydrogen-bond donors (Lipinski definition) is 1. The van der Waals surface area contributed by atoms with Crippen molar-refractivity contribution in [1.82, 2.24) is 10.3 Å². The van der Waals surface area contributed by atoms with E-state index < -0.39 is 0 Å². The molecule has 5 nitrogen and oxygen atoms in total. The number of aromatic nitrogens is 1. The molecular formula is C15H15ClN2O3. The Bertz CT molecular complexity index is 647. The van der Waals surface area contributed by atoms with Gasteiger partial charge in [0.2, 0.25) is 0 Å². The molecule has 6 heteroatoms. The molecule has 1 amide bonds. The molecule has 110 valence electrons. The van der Waals surface area contributed by atoms with Crippen LogP contribution < -0.4 is 14.8 Å². The summed E-state index contributed by atoms with van der Waals surface area (Å²) in [4.78, 5) is 16.0. The van der Waals surface area contributed by atoms with Gasteiger partial charge in [-0.05, 0) is 24.3 Å². The Hall–Kier alpha value is -2.27. The summed E-state index contributed by atoms with van der Waals surface area (Å²) >= 11 is 5.96. The number of ether oxygens (including phenoxy) is 2. The summed E-state index contributed by atoms with van der Waals surface area (Å²) in [5, 5.41) is 3.14. The van der Waals surface area contributed by atoms with Crippen LogP contribution in [0.4, 0.5) is 0 Å². The fourth-order valence-corrected chi connectivity index (χ4v) is 2.03. The lowest BCUT2D eigenvalue weighted by Gasteiger charge is -2.11. The Kier molecular flexibility index (Phi) is 5.00. The van der Waals surface area contributed by atoms with Gasteiger partial charge in [-0.1, -0.05) is 11.6 Å². The lowest BCUT2D eigenvalue weighted by molar-refractivity contribution is 0.0950. The lowest BCUT2D eigenvalue weighted by Crippen LogP contribution is -2.23. The van der Waals surface area contributed by atoms with E-state index in [0.29, 0.717) is 28.6 Å². The zero-order chi connectivity index (χ0) is 15.2. The number of benzene rings is 1. The molecule has 2 aromatic rings. The van der Waals surface area contributed by atoms with E-state index in [0.717, 1.165) is 5.56 Å². The van der Waals surface area contributed by atoms with Crippen molar-refractivity contribution in [2.45, 2.75) is 6.54 Å². The fraction of sp³-hybridized carbons (Fsp3) is 0.200. The van der Waals surface area contributed by atoms with E-state index in [2.05, 4.69) is 10.3 Å². The molecule has 0 saturated heterocycles. The Labute approximate surface area is 127 Å². The maximum Gasteiger partial charge on any atom is 0.254 e. The summed E-state index contributed by atoms with van der Waals surface area (Å²) in [5.74, 6) is 1.07. The second-order valence-electron chi connectivity index (χ2n) is 4.22. The number of carbonyl (C=O) groups excluding carboxylic acids is 1. The van der Waals surface area contributed by atoms with E-state index in [1.807, 2.05) is 6.07 Å². The molecule has 0 atom stereocenters. The third kappa shape index (κ3) is 3.64. The van der Waals surface area contributed by atoms with Crippen LogP contribution in [-0.2, 0) is 6.54 Å². The quantitative estimate of drug-likeness (QED) is 0.922. The predicted octanol–water partition coefficient (Wildman–Crippen LogP) is 2.68. The van der Waals surface area contributed by atoms with Gasteiger partial charge in [-0.25, -0.2) is 0 Å². The molecule has 21 heavy (non-hydrogen) atoms. The minimum atomic E-state index is -0.294. The van der Waals surface area contributed by atoms with Crippen molar-refractivity contribution in [3.8, 4) is 11.5 Å². The Morgan fingerprint density at radius 3 is 2.76 bits per heavy atom. The number of amides is 1. The molecule has 0 unspecified atom stereocenters. The largest absolute Gasteiger partial charge is 0.497 e. The Balaban J connectivity index is 2.12. The molecule has 1 N–H and O–H groups in total. The van der Waals surface area contributed by atoms with Crippen molar-refractivity contribution < 1.29 is 14.3 Å². The molecule has 2 rings (SSSR count). The number of rotatable bonds is 5. The van der Waals surface area contributed by atoms with Crippen LogP contribution in [-0.4, -0.2) is 25.1 Å². The molecule has 0 aliphatic rings. The Morgan fingerprint density at radius 2 is 2.10 bits per heavy atom. The SMILES string of the molecule is COc1ccc(OC)c(CNC(=O)c2cnccc2Cl)c1. The fourth-order valence-electron chi connectivity index (χ4n) is 1.84. The van der Waals surface area contributed by atoms with E-state index in [4.69, 9.17) is 21.1 Å². The van der Waals surface area contributed by atoms with Crippen LogP contribution in [0.25, 0.3) is 0 Å². The first-order valence-electron chi connectivity index (χ1n) is 6.24. The molecule has 0 radical (unpaired) electrons. The number of carbonyl (C=O) groups is 1. The van der Waals surface area contributed by atoms with Gasteiger partial charge in [-0.3, -0.25) is 9.78 Å². The van der Waals surface area contributed by atoms with Crippen LogP contribution >= 0.6 is 11.6 Å². The molecule has 0 saturated carbocycles. The standard InChI is InChI=1S/C15H15ClN2O3/c1-20-11-3-4-14(21-2)10(7-11)8-18-15(19)12-9-17-6-5-13(12)16/h3-7,9H,8H2,1-2H3,(H,18,19). The van der Waals surface area contributed by atoms with Gasteiger partial charge in [0.05, 0.1) is 24.8 Å². The van der Waals surface area contributed by atoms with Gasteiger partial charge >= 0.3 is 0 Å². The van der Waals surface area contributed by atoms with Crippen LogP contribution in [0.1, 0.15) is 15.9 Å². The third-order valence-corrected chi connectivity index (χ3v) is 3.27. The van der Waals surface area contributed by atoms with E-state index in [9.17, 15) is 4.79 Å². The third-order valence-electron chi connectivity index (χ3n) is 2.94. The smallest absolute Gasteiger partial charge is 0.254 e. The molecule has 0 bridgehead atoms. The zero-order valence-electron chi connectivity index (χ0n) is 11.7. The second kappa shape index (κ2) is 6.95. The van der Waals surface area contributed by atoms with Crippen LogP contribution in [0.2, 0.25) is 5.02 Å². The highest BCUT2D eigenvalue weighted by Gasteiger charge is 2.11. The molecule has 0 aliphatic heterocycles. The average molecular weight is 307 g/mol. The van der Waals surface area contributed by atoms with Gasteiger partial charge < -0.3 is 14.8 Å². The first kappa shape index (κ1) is 15.1. The predicted molar refractivity (Wildman–Crippen MR) is 80.0 cm³/mol. The van der Waals surface area contributed by atoms with E-state index in [1.165, 1.54) is 12.4 Å². The number of pyridine rings is 1. The topological polar surface area (TPSA) is 60.5 Å². The van der Waals surface area contributed by atoms with Gasteiger partial charge in [0.25, 0.3) is 5.91 Å². The first-order chi connectivity index (χ1) is 10.2. The normalized spacial score (nSPS) is 10.0. The minimum absolute atomic E-state index is 0.294. The Morgan fingerprint density at radius 1 is 1.29 bits per heavy atom. The highest BCUT2D eigenvalue weighted by Crippen LogP contribution is 2.24. The second-order valence-corrected chi connectivity index (χ2v) is 4.62. The van der Waals surface area contributed by atoms with Crippen LogP contribution in [0.15, 0.2) is 36.7 Å². The van der Waals surface area contributed by atoms with Crippen molar-refractivity contribution >= 4 is 17.5 Å². The molecular weight excluding hydrogens is 292 g/mol. The molecule has 1 aromatic carbocycles. The van der Waals surface area contributed by atoms with Crippen molar-refractivity contribution in [2.24, 2.45) is 0 Å². The van der Waals surface area contributed by atoms with Gasteiger partial charge in [0, 0.05) is 24.5 Å². The average Bonchev–Trinajstić information content (AvgIpc) is 2.52. The number of nitrogens with zero attached hydrogens (tertiary/aromatic N) is 1. The van der Waals surface area contributed by atoms with Gasteiger partial charge in [0.1, 0.15) is 11.5 Å². The minimum Gasteiger partial charge on any atom is -0.497 e. The highest BCUT2D eigenvalue weighted by atomic mass is 35.5. The number of nitrogens with one attached hydrogen (secondary N) is 1. The molecule has 0 aliphatic carbocycles. The molecule has 0 fully saturated rings. The maximum absolute atomic E-state index is 12.1. The maximum atomic E-state index is 12.1. The highest BCUT2D eigenvalue weighted by molar-refractivity contribution is 6.33. The van der Waals surface area contributed by atoms with E-state index in [-0.39, 0.29) is 5.91 Å². The van der Waals surface area contributed by atoms with Gasteiger partial charge in [-0.15, -0.1) is 0 Å². The number of methoxy groups -OCH3 is 2. The van der Waals surface area contributed by atoms with Crippen LogP contribution in [0.3, 0.4) is 0 Å². The van der Waals surface area contributed by atoms with E-state index >= 15 is 0 Å².